The van der Waals surface area contributed by atoms with Crippen LogP contribution in [0.25, 0.3) is 5.57 Å². The molecule has 0 saturated carbocycles. The average molecular weight is 440 g/mol. The van der Waals surface area contributed by atoms with Crippen LogP contribution in [-0.4, -0.2) is 14.2 Å². The third kappa shape index (κ3) is 4.54. The van der Waals surface area contributed by atoms with E-state index < -0.39 is 7.14 Å². The van der Waals surface area contributed by atoms with Crippen molar-refractivity contribution in [3.63, 3.8) is 0 Å². The van der Waals surface area contributed by atoms with Gasteiger partial charge in [0.1, 0.15) is 11.5 Å². The van der Waals surface area contributed by atoms with Gasteiger partial charge in [-0.2, -0.15) is 0 Å². The predicted octanol–water partition coefficient (Wildman–Crippen LogP) is 6.11. The zero-order valence-electron chi connectivity index (χ0n) is 18.1. The van der Waals surface area contributed by atoms with Gasteiger partial charge in [0.15, 0.2) is 7.14 Å². The van der Waals surface area contributed by atoms with Crippen molar-refractivity contribution in [3.05, 3.63) is 126 Å². The molecule has 4 rings (SSSR count). The van der Waals surface area contributed by atoms with Crippen molar-refractivity contribution in [1.82, 2.24) is 0 Å². The minimum Gasteiger partial charge on any atom is -0.497 e. The van der Waals surface area contributed by atoms with Gasteiger partial charge in [-0.1, -0.05) is 84.9 Å². The first-order valence-corrected chi connectivity index (χ1v) is 12.1. The van der Waals surface area contributed by atoms with Crippen molar-refractivity contribution >= 4 is 23.3 Å². The van der Waals surface area contributed by atoms with Crippen molar-refractivity contribution in [1.29, 1.82) is 0 Å². The molecular formula is C28H25O3P. The highest BCUT2D eigenvalue weighted by atomic mass is 31.2. The first kappa shape index (κ1) is 21.7. The van der Waals surface area contributed by atoms with Crippen molar-refractivity contribution in [2.75, 3.05) is 14.2 Å². The number of hydrogen-bond donors (Lipinski definition) is 0. The molecule has 4 aromatic rings. The smallest absolute Gasteiger partial charge is 0.164 e. The maximum atomic E-state index is 14.7. The van der Waals surface area contributed by atoms with Crippen LogP contribution in [-0.2, 0) is 4.57 Å². The molecule has 0 bridgehead atoms. The summed E-state index contributed by atoms with van der Waals surface area (Å²) < 4.78 is 25.4. The maximum absolute atomic E-state index is 14.7. The molecule has 0 aliphatic rings. The van der Waals surface area contributed by atoms with Crippen molar-refractivity contribution in [3.8, 4) is 11.5 Å². The Balaban J connectivity index is 1.95. The van der Waals surface area contributed by atoms with E-state index in [9.17, 15) is 4.57 Å². The fourth-order valence-electron chi connectivity index (χ4n) is 3.64. The second-order valence-electron chi connectivity index (χ2n) is 7.33. The quantitative estimate of drug-likeness (QED) is 0.326. The topological polar surface area (TPSA) is 35.5 Å². The lowest BCUT2D eigenvalue weighted by Gasteiger charge is -2.19. The van der Waals surface area contributed by atoms with Gasteiger partial charge < -0.3 is 14.0 Å². The second kappa shape index (κ2) is 9.72. The Hall–Kier alpha value is -3.55. The molecule has 0 saturated heterocycles. The molecular weight excluding hydrogens is 415 g/mol. The molecule has 0 unspecified atom stereocenters. The van der Waals surface area contributed by atoms with Crippen molar-refractivity contribution in [2.45, 2.75) is 0 Å². The molecule has 0 aliphatic heterocycles. The van der Waals surface area contributed by atoms with E-state index in [1.807, 2.05) is 115 Å². The van der Waals surface area contributed by atoms with Gasteiger partial charge in [-0.25, -0.2) is 0 Å². The summed E-state index contributed by atoms with van der Waals surface area (Å²) in [4.78, 5) is 0. The summed E-state index contributed by atoms with van der Waals surface area (Å²) in [5.41, 5.74) is 2.82. The largest absolute Gasteiger partial charge is 0.497 e. The number of rotatable bonds is 7. The van der Waals surface area contributed by atoms with Crippen LogP contribution < -0.4 is 20.1 Å². The Labute approximate surface area is 189 Å². The fraction of sp³-hybridized carbons (Fsp3) is 0.0714. The van der Waals surface area contributed by atoms with Gasteiger partial charge in [0, 0.05) is 10.6 Å². The van der Waals surface area contributed by atoms with Crippen LogP contribution in [0.2, 0.25) is 0 Å². The summed E-state index contributed by atoms with van der Waals surface area (Å²) in [6, 6.07) is 35.0. The van der Waals surface area contributed by atoms with Crippen LogP contribution in [0, 0.1) is 0 Å². The minimum absolute atomic E-state index is 0.775. The van der Waals surface area contributed by atoms with E-state index in [4.69, 9.17) is 9.47 Å². The molecule has 0 heterocycles. The van der Waals surface area contributed by atoms with Gasteiger partial charge in [0.05, 0.1) is 14.2 Å². The zero-order chi connectivity index (χ0) is 22.4. The lowest BCUT2D eigenvalue weighted by molar-refractivity contribution is 0.414. The van der Waals surface area contributed by atoms with Gasteiger partial charge in [-0.05, 0) is 46.8 Å². The highest BCUT2D eigenvalue weighted by Crippen LogP contribution is 2.48. The molecule has 0 aliphatic carbocycles. The van der Waals surface area contributed by atoms with Crippen LogP contribution >= 0.6 is 7.14 Å². The first-order valence-electron chi connectivity index (χ1n) is 10.4. The monoisotopic (exact) mass is 440 g/mol. The third-order valence-electron chi connectivity index (χ3n) is 5.39. The molecule has 0 amide bonds. The zero-order valence-corrected chi connectivity index (χ0v) is 19.0. The van der Waals surface area contributed by atoms with E-state index in [1.54, 1.807) is 14.2 Å². The van der Waals surface area contributed by atoms with E-state index in [-0.39, 0.29) is 0 Å². The SMILES string of the molecule is COc1ccc(C(=CP(=O)(c2ccccc2)c2ccccc2)c2ccc(OC)cc2)cc1. The standard InChI is InChI=1S/C28H25O3P/c1-30-24-17-13-22(14-18-24)28(23-15-19-25(31-2)20-16-23)21-32(29,26-9-5-3-6-10-26)27-11-7-4-8-12-27/h3-21H,1-2H3. The summed E-state index contributed by atoms with van der Waals surface area (Å²) >= 11 is 0. The Bertz CT molecular complexity index is 1140. The van der Waals surface area contributed by atoms with E-state index in [0.717, 1.165) is 38.8 Å². The van der Waals surface area contributed by atoms with Crippen molar-refractivity contribution < 1.29 is 14.0 Å². The van der Waals surface area contributed by atoms with E-state index in [0.29, 0.717) is 0 Å². The van der Waals surface area contributed by atoms with Crippen LogP contribution in [0.5, 0.6) is 11.5 Å². The van der Waals surface area contributed by atoms with E-state index >= 15 is 0 Å². The summed E-state index contributed by atoms with van der Waals surface area (Å²) in [5.74, 6) is 3.48. The number of benzene rings is 4. The molecule has 3 nitrogen and oxygen atoms in total. The molecule has 0 radical (unpaired) electrons. The van der Waals surface area contributed by atoms with Gasteiger partial charge in [-0.3, -0.25) is 0 Å². The lowest BCUT2D eigenvalue weighted by Crippen LogP contribution is -2.14. The van der Waals surface area contributed by atoms with Crippen LogP contribution in [0.3, 0.4) is 0 Å². The highest BCUT2D eigenvalue weighted by molar-refractivity contribution is 7.81. The average Bonchev–Trinajstić information content (AvgIpc) is 2.88. The molecule has 0 atom stereocenters. The second-order valence-corrected chi connectivity index (χ2v) is 9.94. The third-order valence-corrected chi connectivity index (χ3v) is 8.14. The fourth-order valence-corrected chi connectivity index (χ4v) is 6.12. The summed E-state index contributed by atoms with van der Waals surface area (Å²) in [5, 5.41) is 1.59. The Morgan fingerprint density at radius 2 is 0.969 bits per heavy atom. The maximum Gasteiger partial charge on any atom is 0.164 e. The van der Waals surface area contributed by atoms with Crippen molar-refractivity contribution in [2.24, 2.45) is 0 Å². The highest BCUT2D eigenvalue weighted by Gasteiger charge is 2.26. The van der Waals surface area contributed by atoms with E-state index in [2.05, 4.69) is 0 Å². The summed E-state index contributed by atoms with van der Waals surface area (Å²) in [7, 11) is 0.221. The van der Waals surface area contributed by atoms with Gasteiger partial charge >= 0.3 is 0 Å². The number of methoxy groups -OCH3 is 2. The van der Waals surface area contributed by atoms with E-state index in [1.165, 1.54) is 0 Å². The lowest BCUT2D eigenvalue weighted by atomic mass is 9.99. The van der Waals surface area contributed by atoms with Crippen LogP contribution in [0.1, 0.15) is 11.1 Å². The Morgan fingerprint density at radius 1 is 0.594 bits per heavy atom. The number of ether oxygens (including phenoxy) is 2. The molecule has 0 fully saturated rings. The minimum atomic E-state index is -3.07. The molecule has 0 spiro atoms. The molecule has 32 heavy (non-hydrogen) atoms. The molecule has 4 heteroatoms. The van der Waals surface area contributed by atoms with Gasteiger partial charge in [0.25, 0.3) is 0 Å². The Kier molecular flexibility index (Phi) is 6.58. The van der Waals surface area contributed by atoms with Crippen LogP contribution in [0.15, 0.2) is 115 Å². The Morgan fingerprint density at radius 3 is 1.31 bits per heavy atom. The van der Waals surface area contributed by atoms with Crippen LogP contribution in [0.4, 0.5) is 0 Å². The summed E-state index contributed by atoms with van der Waals surface area (Å²) in [6.07, 6.45) is 0. The molecule has 0 N–H and O–H groups in total. The molecule has 4 aromatic carbocycles. The first-order chi connectivity index (χ1) is 15.6. The molecule has 0 aromatic heterocycles. The van der Waals surface area contributed by atoms with Gasteiger partial charge in [-0.15, -0.1) is 0 Å². The summed E-state index contributed by atoms with van der Waals surface area (Å²) in [6.45, 7) is 0. The molecule has 160 valence electrons. The normalized spacial score (nSPS) is 10.9. The number of hydrogen-bond acceptors (Lipinski definition) is 3. The van der Waals surface area contributed by atoms with Gasteiger partial charge in [0.2, 0.25) is 0 Å². The predicted molar refractivity (Wildman–Crippen MR) is 133 cm³/mol.